The van der Waals surface area contributed by atoms with Crippen LogP contribution in [0.2, 0.25) is 0 Å². The van der Waals surface area contributed by atoms with Crippen LogP contribution in [0.3, 0.4) is 0 Å². The van der Waals surface area contributed by atoms with Gasteiger partial charge >= 0.3 is 0 Å². The Morgan fingerprint density at radius 2 is 2.10 bits per heavy atom. The summed E-state index contributed by atoms with van der Waals surface area (Å²) in [5, 5.41) is 3.59. The first-order chi connectivity index (χ1) is 10.2. The molecule has 2 aliphatic heterocycles. The number of nitrogens with one attached hydrogen (secondary N) is 1. The molecule has 0 aromatic carbocycles. The Bertz CT molecular complexity index is 375. The van der Waals surface area contributed by atoms with Crippen LogP contribution in [0, 0.1) is 11.3 Å². The normalized spacial score (nSPS) is 29.7. The van der Waals surface area contributed by atoms with Gasteiger partial charge in [0.2, 0.25) is 0 Å². The number of rotatable bonds is 3. The first kappa shape index (κ1) is 15.1. The Kier molecular flexibility index (Phi) is 4.72. The highest BCUT2D eigenvalue weighted by molar-refractivity contribution is 5.80. The largest absolute Gasteiger partial charge is 0.355 e. The van der Waals surface area contributed by atoms with Crippen LogP contribution >= 0.6 is 0 Å². The van der Waals surface area contributed by atoms with Gasteiger partial charge in [0.1, 0.15) is 0 Å². The molecule has 3 fully saturated rings. The zero-order valence-electron chi connectivity index (χ0n) is 13.9. The van der Waals surface area contributed by atoms with E-state index in [1.54, 1.807) is 0 Å². The molecule has 1 aliphatic carbocycles. The molecule has 1 atom stereocenters. The number of aliphatic imine (C=N–C) groups is 1. The van der Waals surface area contributed by atoms with Gasteiger partial charge < -0.3 is 15.1 Å². The van der Waals surface area contributed by atoms with Crippen molar-refractivity contribution in [2.24, 2.45) is 16.3 Å². The molecular formula is C17H32N4. The molecule has 0 aromatic rings. The van der Waals surface area contributed by atoms with Crippen LogP contribution in [0.15, 0.2) is 4.99 Å². The van der Waals surface area contributed by atoms with Crippen LogP contribution in [0.4, 0.5) is 0 Å². The Morgan fingerprint density at radius 1 is 1.24 bits per heavy atom. The van der Waals surface area contributed by atoms with E-state index in [4.69, 9.17) is 0 Å². The van der Waals surface area contributed by atoms with Crippen molar-refractivity contribution in [3.63, 3.8) is 0 Å². The third kappa shape index (κ3) is 3.53. The summed E-state index contributed by atoms with van der Waals surface area (Å²) in [7, 11) is 1.93. The highest BCUT2D eigenvalue weighted by Crippen LogP contribution is 2.47. The van der Waals surface area contributed by atoms with E-state index in [1.807, 2.05) is 7.05 Å². The van der Waals surface area contributed by atoms with E-state index < -0.39 is 0 Å². The lowest BCUT2D eigenvalue weighted by Crippen LogP contribution is -2.46. The first-order valence-corrected chi connectivity index (χ1v) is 8.89. The van der Waals surface area contributed by atoms with Gasteiger partial charge in [-0.1, -0.05) is 13.3 Å². The lowest BCUT2D eigenvalue weighted by atomic mass is 9.68. The van der Waals surface area contributed by atoms with Gasteiger partial charge in [-0.15, -0.1) is 0 Å². The van der Waals surface area contributed by atoms with Crippen molar-refractivity contribution in [1.82, 2.24) is 15.1 Å². The minimum Gasteiger partial charge on any atom is -0.355 e. The summed E-state index contributed by atoms with van der Waals surface area (Å²) in [5.41, 5.74) is 0.653. The summed E-state index contributed by atoms with van der Waals surface area (Å²) in [6.45, 7) is 9.53. The highest BCUT2D eigenvalue weighted by Gasteiger charge is 2.43. The van der Waals surface area contributed by atoms with Gasteiger partial charge in [0.05, 0.1) is 0 Å². The van der Waals surface area contributed by atoms with Crippen LogP contribution < -0.4 is 5.32 Å². The molecule has 0 bridgehead atoms. The minimum absolute atomic E-state index is 0.653. The van der Waals surface area contributed by atoms with E-state index in [0.29, 0.717) is 5.41 Å². The fourth-order valence-corrected chi connectivity index (χ4v) is 4.35. The monoisotopic (exact) mass is 292 g/mol. The van der Waals surface area contributed by atoms with Crippen molar-refractivity contribution < 1.29 is 0 Å². The van der Waals surface area contributed by atoms with Crippen molar-refractivity contribution in [3.8, 4) is 0 Å². The van der Waals surface area contributed by atoms with Crippen LogP contribution in [0.25, 0.3) is 0 Å². The number of guanidine groups is 1. The molecule has 1 saturated carbocycles. The van der Waals surface area contributed by atoms with Gasteiger partial charge in [-0.05, 0) is 50.0 Å². The quantitative estimate of drug-likeness (QED) is 0.639. The van der Waals surface area contributed by atoms with Gasteiger partial charge in [-0.3, -0.25) is 4.99 Å². The molecule has 2 saturated heterocycles. The van der Waals surface area contributed by atoms with Gasteiger partial charge in [-0.2, -0.15) is 0 Å². The Hall–Kier alpha value is -0.770. The zero-order chi connectivity index (χ0) is 14.7. The van der Waals surface area contributed by atoms with Crippen molar-refractivity contribution in [1.29, 1.82) is 0 Å². The maximum atomic E-state index is 4.50. The van der Waals surface area contributed by atoms with E-state index in [-0.39, 0.29) is 0 Å². The van der Waals surface area contributed by atoms with Crippen LogP contribution in [0.5, 0.6) is 0 Å². The molecule has 21 heavy (non-hydrogen) atoms. The van der Waals surface area contributed by atoms with Crippen molar-refractivity contribution in [2.45, 2.75) is 45.4 Å². The molecule has 1 N–H and O–H groups in total. The predicted molar refractivity (Wildman–Crippen MR) is 88.7 cm³/mol. The van der Waals surface area contributed by atoms with Gasteiger partial charge in [-0.25, -0.2) is 0 Å². The lowest BCUT2D eigenvalue weighted by molar-refractivity contribution is 0.151. The molecule has 3 aliphatic rings. The maximum Gasteiger partial charge on any atom is 0.193 e. The Balaban J connectivity index is 1.41. The Labute approximate surface area is 130 Å². The van der Waals surface area contributed by atoms with E-state index in [0.717, 1.165) is 25.0 Å². The van der Waals surface area contributed by atoms with Crippen molar-refractivity contribution in [3.05, 3.63) is 0 Å². The SMILES string of the molecule is CN=C(NCCN1CCCC(C)C1)N1CCC2(CCC2)C1. The maximum absolute atomic E-state index is 4.50. The van der Waals surface area contributed by atoms with Crippen LogP contribution in [-0.4, -0.2) is 62.1 Å². The molecule has 4 heteroatoms. The number of piperidine rings is 1. The molecule has 1 spiro atoms. The fourth-order valence-electron chi connectivity index (χ4n) is 4.35. The van der Waals surface area contributed by atoms with Crippen LogP contribution in [-0.2, 0) is 0 Å². The molecule has 4 nitrogen and oxygen atoms in total. The molecule has 2 heterocycles. The van der Waals surface area contributed by atoms with Crippen LogP contribution in [0.1, 0.15) is 45.4 Å². The average molecular weight is 292 g/mol. The zero-order valence-corrected chi connectivity index (χ0v) is 13.9. The standard InChI is InChI=1S/C17H32N4/c1-15-5-3-10-20(13-15)12-9-19-16(18-2)21-11-8-17(14-21)6-4-7-17/h15H,3-14H2,1-2H3,(H,18,19). The predicted octanol–water partition coefficient (Wildman–Crippen LogP) is 2.17. The highest BCUT2D eigenvalue weighted by atomic mass is 15.3. The molecule has 3 rings (SSSR count). The summed E-state index contributed by atoms with van der Waals surface area (Å²) in [4.78, 5) is 9.59. The van der Waals surface area contributed by atoms with E-state index in [2.05, 4.69) is 27.0 Å². The molecular weight excluding hydrogens is 260 g/mol. The third-order valence-corrected chi connectivity index (χ3v) is 5.82. The summed E-state index contributed by atoms with van der Waals surface area (Å²) in [5.74, 6) is 2.00. The average Bonchev–Trinajstić information content (AvgIpc) is 2.89. The third-order valence-electron chi connectivity index (χ3n) is 5.82. The lowest BCUT2D eigenvalue weighted by Gasteiger charge is -2.38. The molecule has 0 radical (unpaired) electrons. The molecule has 120 valence electrons. The molecule has 0 amide bonds. The summed E-state index contributed by atoms with van der Waals surface area (Å²) in [6.07, 6.45) is 8.45. The second-order valence-corrected chi connectivity index (χ2v) is 7.55. The van der Waals surface area contributed by atoms with Crippen molar-refractivity contribution in [2.75, 3.05) is 46.3 Å². The fraction of sp³-hybridized carbons (Fsp3) is 0.941. The number of nitrogens with zero attached hydrogens (tertiary/aromatic N) is 3. The molecule has 1 unspecified atom stereocenters. The molecule has 0 aromatic heterocycles. The minimum atomic E-state index is 0.653. The van der Waals surface area contributed by atoms with Gasteiger partial charge in [0.15, 0.2) is 5.96 Å². The number of hydrogen-bond acceptors (Lipinski definition) is 2. The van der Waals surface area contributed by atoms with E-state index >= 15 is 0 Å². The second-order valence-electron chi connectivity index (χ2n) is 7.55. The Morgan fingerprint density at radius 3 is 2.71 bits per heavy atom. The smallest absolute Gasteiger partial charge is 0.193 e. The van der Waals surface area contributed by atoms with Gasteiger partial charge in [0.25, 0.3) is 0 Å². The topological polar surface area (TPSA) is 30.9 Å². The van der Waals surface area contributed by atoms with Crippen molar-refractivity contribution >= 4 is 5.96 Å². The number of hydrogen-bond donors (Lipinski definition) is 1. The summed E-state index contributed by atoms with van der Waals surface area (Å²) >= 11 is 0. The number of likely N-dealkylation sites (tertiary alicyclic amines) is 2. The van der Waals surface area contributed by atoms with E-state index in [9.17, 15) is 0 Å². The summed E-state index contributed by atoms with van der Waals surface area (Å²) in [6, 6.07) is 0. The summed E-state index contributed by atoms with van der Waals surface area (Å²) < 4.78 is 0. The van der Waals surface area contributed by atoms with E-state index in [1.165, 1.54) is 64.7 Å². The van der Waals surface area contributed by atoms with Gasteiger partial charge in [0, 0.05) is 39.8 Å². The first-order valence-electron chi connectivity index (χ1n) is 8.89. The second kappa shape index (κ2) is 6.55.